The van der Waals surface area contributed by atoms with Gasteiger partial charge in [0.25, 0.3) is 0 Å². The summed E-state index contributed by atoms with van der Waals surface area (Å²) >= 11 is 0. The molecule has 0 fully saturated rings. The van der Waals surface area contributed by atoms with Crippen LogP contribution in [0.5, 0.6) is 0 Å². The van der Waals surface area contributed by atoms with Crippen LogP contribution in [0.1, 0.15) is 29.8 Å². The van der Waals surface area contributed by atoms with E-state index in [-0.39, 0.29) is 6.04 Å². The minimum atomic E-state index is -0.895. The first kappa shape index (κ1) is 10.6. The smallest absolute Gasteiger partial charge is 0.337 e. The molecule has 2 N–H and O–H groups in total. The molecule has 1 aromatic rings. The van der Waals surface area contributed by atoms with Crippen molar-refractivity contribution >= 4 is 11.7 Å². The van der Waals surface area contributed by atoms with Gasteiger partial charge in [-0.15, -0.1) is 0 Å². The minimum Gasteiger partial charge on any atom is -0.478 e. The van der Waals surface area contributed by atoms with Gasteiger partial charge in [-0.1, -0.05) is 6.07 Å². The Kier molecular flexibility index (Phi) is 3.12. The van der Waals surface area contributed by atoms with Gasteiger partial charge in [0.1, 0.15) is 0 Å². The van der Waals surface area contributed by atoms with Crippen molar-refractivity contribution in [2.75, 3.05) is 5.32 Å². The highest BCUT2D eigenvalue weighted by atomic mass is 16.4. The molecular weight excluding hydrogens is 178 g/mol. The molecule has 0 atom stereocenters. The van der Waals surface area contributed by atoms with Gasteiger partial charge in [-0.3, -0.25) is 0 Å². The third-order valence-electron chi connectivity index (χ3n) is 1.85. The molecule has 0 radical (unpaired) electrons. The van der Waals surface area contributed by atoms with Crippen LogP contribution in [-0.2, 0) is 0 Å². The molecule has 0 bridgehead atoms. The topological polar surface area (TPSA) is 49.3 Å². The molecule has 0 amide bonds. The zero-order chi connectivity index (χ0) is 10.7. The standard InChI is InChI=1S/C11H15NO2/c1-7(2)12-10-6-8(3)4-5-9(10)11(13)14/h4-7,12H,1-3H3,(H,13,14). The molecule has 1 rings (SSSR count). The van der Waals surface area contributed by atoms with E-state index in [0.717, 1.165) is 5.56 Å². The molecule has 0 aromatic heterocycles. The first-order chi connectivity index (χ1) is 6.50. The van der Waals surface area contributed by atoms with Gasteiger partial charge in [0.05, 0.1) is 5.56 Å². The largest absolute Gasteiger partial charge is 0.478 e. The van der Waals surface area contributed by atoms with E-state index in [4.69, 9.17) is 5.11 Å². The van der Waals surface area contributed by atoms with Crippen molar-refractivity contribution in [3.8, 4) is 0 Å². The molecule has 0 aliphatic rings. The second-order valence-corrected chi connectivity index (χ2v) is 3.65. The first-order valence-electron chi connectivity index (χ1n) is 4.61. The maximum atomic E-state index is 10.9. The molecule has 0 aliphatic heterocycles. The van der Waals surface area contributed by atoms with E-state index in [0.29, 0.717) is 11.3 Å². The van der Waals surface area contributed by atoms with Crippen molar-refractivity contribution in [1.29, 1.82) is 0 Å². The van der Waals surface area contributed by atoms with Gasteiger partial charge in [-0.25, -0.2) is 4.79 Å². The summed E-state index contributed by atoms with van der Waals surface area (Å²) in [6.45, 7) is 5.90. The van der Waals surface area contributed by atoms with E-state index in [9.17, 15) is 4.79 Å². The van der Waals surface area contributed by atoms with E-state index >= 15 is 0 Å². The monoisotopic (exact) mass is 193 g/mol. The Morgan fingerprint density at radius 1 is 1.43 bits per heavy atom. The summed E-state index contributed by atoms with van der Waals surface area (Å²) in [5.74, 6) is -0.895. The minimum absolute atomic E-state index is 0.231. The molecule has 1 aromatic carbocycles. The number of anilines is 1. The lowest BCUT2D eigenvalue weighted by molar-refractivity contribution is 0.0698. The van der Waals surface area contributed by atoms with Crippen molar-refractivity contribution < 1.29 is 9.90 Å². The Balaban J connectivity index is 3.09. The lowest BCUT2D eigenvalue weighted by Crippen LogP contribution is -2.13. The Bertz CT molecular complexity index is 345. The number of aryl methyl sites for hydroxylation is 1. The maximum Gasteiger partial charge on any atom is 0.337 e. The van der Waals surface area contributed by atoms with Crippen LogP contribution in [0.2, 0.25) is 0 Å². The second kappa shape index (κ2) is 4.13. The summed E-state index contributed by atoms with van der Waals surface area (Å²) in [5.41, 5.74) is 2.06. The van der Waals surface area contributed by atoms with Crippen molar-refractivity contribution in [3.63, 3.8) is 0 Å². The molecule has 3 heteroatoms. The van der Waals surface area contributed by atoms with Gasteiger partial charge in [-0.05, 0) is 38.5 Å². The van der Waals surface area contributed by atoms with Crippen LogP contribution in [0.4, 0.5) is 5.69 Å². The Morgan fingerprint density at radius 3 is 2.57 bits per heavy atom. The molecule has 76 valence electrons. The van der Waals surface area contributed by atoms with Crippen LogP contribution in [-0.4, -0.2) is 17.1 Å². The van der Waals surface area contributed by atoms with Crippen molar-refractivity contribution in [1.82, 2.24) is 0 Å². The summed E-state index contributed by atoms with van der Waals surface area (Å²) in [4.78, 5) is 10.9. The Morgan fingerprint density at radius 2 is 2.07 bits per heavy atom. The van der Waals surface area contributed by atoms with Crippen LogP contribution in [0.3, 0.4) is 0 Å². The number of rotatable bonds is 3. The zero-order valence-electron chi connectivity index (χ0n) is 8.66. The van der Waals surface area contributed by atoms with Crippen LogP contribution in [0, 0.1) is 6.92 Å². The fraction of sp³-hybridized carbons (Fsp3) is 0.364. The number of hydrogen-bond acceptors (Lipinski definition) is 2. The van der Waals surface area contributed by atoms with Gasteiger partial charge in [-0.2, -0.15) is 0 Å². The second-order valence-electron chi connectivity index (χ2n) is 3.65. The fourth-order valence-electron chi connectivity index (χ4n) is 1.28. The molecule has 0 unspecified atom stereocenters. The van der Waals surface area contributed by atoms with Gasteiger partial charge < -0.3 is 10.4 Å². The third kappa shape index (κ3) is 2.49. The lowest BCUT2D eigenvalue weighted by Gasteiger charge is -2.13. The molecule has 0 saturated carbocycles. The SMILES string of the molecule is Cc1ccc(C(=O)O)c(NC(C)C)c1. The Hall–Kier alpha value is -1.51. The predicted molar refractivity (Wildman–Crippen MR) is 56.9 cm³/mol. The van der Waals surface area contributed by atoms with Crippen LogP contribution >= 0.6 is 0 Å². The highest BCUT2D eigenvalue weighted by Crippen LogP contribution is 2.18. The van der Waals surface area contributed by atoms with E-state index < -0.39 is 5.97 Å². The third-order valence-corrected chi connectivity index (χ3v) is 1.85. The highest BCUT2D eigenvalue weighted by molar-refractivity contribution is 5.94. The summed E-state index contributed by atoms with van der Waals surface area (Å²) < 4.78 is 0. The number of aromatic carboxylic acids is 1. The van der Waals surface area contributed by atoms with E-state index in [1.165, 1.54) is 0 Å². The number of benzene rings is 1. The number of hydrogen-bond donors (Lipinski definition) is 2. The van der Waals surface area contributed by atoms with E-state index in [1.54, 1.807) is 12.1 Å². The molecule has 14 heavy (non-hydrogen) atoms. The number of carboxylic acids is 1. The number of nitrogens with one attached hydrogen (secondary N) is 1. The maximum absolute atomic E-state index is 10.9. The van der Waals surface area contributed by atoms with Gasteiger partial charge in [0.15, 0.2) is 0 Å². The number of carboxylic acid groups (broad SMARTS) is 1. The van der Waals surface area contributed by atoms with Crippen molar-refractivity contribution in [3.05, 3.63) is 29.3 Å². The van der Waals surface area contributed by atoms with Crippen molar-refractivity contribution in [2.24, 2.45) is 0 Å². The summed E-state index contributed by atoms with van der Waals surface area (Å²) in [5, 5.41) is 12.0. The molecular formula is C11H15NO2. The summed E-state index contributed by atoms with van der Waals surface area (Å²) in [7, 11) is 0. The Labute approximate surface area is 83.8 Å². The normalized spacial score (nSPS) is 10.3. The molecule has 0 heterocycles. The summed E-state index contributed by atoms with van der Waals surface area (Å²) in [6, 6.07) is 5.51. The number of carbonyl (C=O) groups is 1. The molecule has 0 saturated heterocycles. The van der Waals surface area contributed by atoms with Crippen molar-refractivity contribution in [2.45, 2.75) is 26.8 Å². The predicted octanol–water partition coefficient (Wildman–Crippen LogP) is 2.51. The highest BCUT2D eigenvalue weighted by Gasteiger charge is 2.10. The molecule has 0 aliphatic carbocycles. The van der Waals surface area contributed by atoms with Crippen LogP contribution < -0.4 is 5.32 Å². The average molecular weight is 193 g/mol. The fourth-order valence-corrected chi connectivity index (χ4v) is 1.28. The van der Waals surface area contributed by atoms with E-state index in [2.05, 4.69) is 5.32 Å². The van der Waals surface area contributed by atoms with E-state index in [1.807, 2.05) is 26.8 Å². The van der Waals surface area contributed by atoms with Crippen LogP contribution in [0.15, 0.2) is 18.2 Å². The van der Waals surface area contributed by atoms with Crippen LogP contribution in [0.25, 0.3) is 0 Å². The molecule has 3 nitrogen and oxygen atoms in total. The quantitative estimate of drug-likeness (QED) is 0.775. The molecule has 0 spiro atoms. The lowest BCUT2D eigenvalue weighted by atomic mass is 10.1. The zero-order valence-corrected chi connectivity index (χ0v) is 8.66. The van der Waals surface area contributed by atoms with Gasteiger partial charge in [0, 0.05) is 11.7 Å². The first-order valence-corrected chi connectivity index (χ1v) is 4.61. The van der Waals surface area contributed by atoms with Gasteiger partial charge >= 0.3 is 5.97 Å². The average Bonchev–Trinajstić information content (AvgIpc) is 2.01. The summed E-state index contributed by atoms with van der Waals surface area (Å²) in [6.07, 6.45) is 0. The van der Waals surface area contributed by atoms with Gasteiger partial charge in [0.2, 0.25) is 0 Å².